The van der Waals surface area contributed by atoms with Crippen molar-refractivity contribution in [2.75, 3.05) is 6.61 Å². The molecule has 1 heterocycles. The van der Waals surface area contributed by atoms with Gasteiger partial charge in [0.15, 0.2) is 5.79 Å². The van der Waals surface area contributed by atoms with Crippen molar-refractivity contribution in [1.82, 2.24) is 0 Å². The Balaban J connectivity index is 1.93. The van der Waals surface area contributed by atoms with E-state index in [9.17, 15) is 0 Å². The Morgan fingerprint density at radius 3 is 2.33 bits per heavy atom. The van der Waals surface area contributed by atoms with Gasteiger partial charge in [-0.25, -0.2) is 0 Å². The molecule has 90 valence electrons. The zero-order valence-electron chi connectivity index (χ0n) is 10.6. The van der Waals surface area contributed by atoms with Gasteiger partial charge in [0, 0.05) is 0 Å². The lowest BCUT2D eigenvalue weighted by Crippen LogP contribution is -2.21. The highest BCUT2D eigenvalue weighted by molar-refractivity contribution is 4.70. The van der Waals surface area contributed by atoms with E-state index in [4.69, 9.17) is 9.47 Å². The maximum Gasteiger partial charge on any atom is 0.163 e. The molecule has 1 aliphatic heterocycles. The lowest BCUT2D eigenvalue weighted by atomic mass is 10.1. The smallest absolute Gasteiger partial charge is 0.163 e. The predicted octanol–water partition coefficient (Wildman–Crippen LogP) is 3.89. The van der Waals surface area contributed by atoms with E-state index in [0.29, 0.717) is 6.10 Å². The Labute approximate surface area is 94.3 Å². The minimum absolute atomic E-state index is 0.339. The van der Waals surface area contributed by atoms with E-state index >= 15 is 0 Å². The predicted molar refractivity (Wildman–Crippen MR) is 62.9 cm³/mol. The first kappa shape index (κ1) is 13.0. The van der Waals surface area contributed by atoms with Gasteiger partial charge in [-0.15, -0.1) is 0 Å². The number of hydrogen-bond acceptors (Lipinski definition) is 2. The second-order valence-electron chi connectivity index (χ2n) is 5.01. The molecule has 0 saturated carbocycles. The Bertz CT molecular complexity index is 166. The molecule has 1 atom stereocenters. The van der Waals surface area contributed by atoms with Crippen LogP contribution in [0, 0.1) is 0 Å². The Hall–Kier alpha value is -0.0800. The van der Waals surface area contributed by atoms with E-state index in [-0.39, 0.29) is 5.79 Å². The standard InChI is InChI=1S/C13H26O2/c1-4-5-6-7-8-9-10-12-11-14-13(2,3)15-12/h12H,4-11H2,1-3H3. The van der Waals surface area contributed by atoms with Gasteiger partial charge in [-0.1, -0.05) is 45.4 Å². The van der Waals surface area contributed by atoms with Crippen LogP contribution in [-0.4, -0.2) is 18.5 Å². The summed E-state index contributed by atoms with van der Waals surface area (Å²) in [4.78, 5) is 0. The van der Waals surface area contributed by atoms with Crippen molar-refractivity contribution in [2.45, 2.75) is 77.6 Å². The van der Waals surface area contributed by atoms with Crippen molar-refractivity contribution in [3.63, 3.8) is 0 Å². The summed E-state index contributed by atoms with van der Waals surface area (Å²) < 4.78 is 11.3. The van der Waals surface area contributed by atoms with Crippen LogP contribution in [0.4, 0.5) is 0 Å². The van der Waals surface area contributed by atoms with Crippen LogP contribution in [0.15, 0.2) is 0 Å². The minimum atomic E-state index is -0.340. The summed E-state index contributed by atoms with van der Waals surface area (Å²) >= 11 is 0. The average molecular weight is 214 g/mol. The molecule has 1 fully saturated rings. The zero-order chi connectivity index (χ0) is 11.1. The fraction of sp³-hybridized carbons (Fsp3) is 1.00. The summed E-state index contributed by atoms with van der Waals surface area (Å²) in [7, 11) is 0. The van der Waals surface area contributed by atoms with Gasteiger partial charge in [0.1, 0.15) is 0 Å². The summed E-state index contributed by atoms with van der Waals surface area (Å²) in [6.45, 7) is 7.02. The molecule has 0 spiro atoms. The zero-order valence-corrected chi connectivity index (χ0v) is 10.6. The van der Waals surface area contributed by atoms with E-state index in [1.54, 1.807) is 0 Å². The van der Waals surface area contributed by atoms with Crippen LogP contribution in [0.5, 0.6) is 0 Å². The maximum atomic E-state index is 5.75. The molecule has 2 nitrogen and oxygen atoms in total. The summed E-state index contributed by atoms with van der Waals surface area (Å²) in [5, 5.41) is 0. The highest BCUT2D eigenvalue weighted by Gasteiger charge is 2.31. The van der Waals surface area contributed by atoms with Crippen molar-refractivity contribution in [3.8, 4) is 0 Å². The van der Waals surface area contributed by atoms with Gasteiger partial charge in [-0.3, -0.25) is 0 Å². The largest absolute Gasteiger partial charge is 0.348 e. The van der Waals surface area contributed by atoms with Crippen molar-refractivity contribution in [3.05, 3.63) is 0 Å². The lowest BCUT2D eigenvalue weighted by molar-refractivity contribution is -0.139. The van der Waals surface area contributed by atoms with E-state index in [0.717, 1.165) is 13.0 Å². The normalized spacial score (nSPS) is 24.6. The fourth-order valence-corrected chi connectivity index (χ4v) is 2.06. The average Bonchev–Trinajstić information content (AvgIpc) is 2.52. The molecule has 2 heteroatoms. The lowest BCUT2D eigenvalue weighted by Gasteiger charge is -2.16. The van der Waals surface area contributed by atoms with Crippen LogP contribution in [0.3, 0.4) is 0 Å². The van der Waals surface area contributed by atoms with Crippen LogP contribution < -0.4 is 0 Å². The van der Waals surface area contributed by atoms with Gasteiger partial charge in [-0.05, 0) is 20.3 Å². The fourth-order valence-electron chi connectivity index (χ4n) is 2.06. The van der Waals surface area contributed by atoms with Crippen molar-refractivity contribution < 1.29 is 9.47 Å². The van der Waals surface area contributed by atoms with Crippen LogP contribution in [-0.2, 0) is 9.47 Å². The third-order valence-electron chi connectivity index (χ3n) is 2.95. The van der Waals surface area contributed by atoms with Gasteiger partial charge in [0.2, 0.25) is 0 Å². The molecule has 0 aromatic rings. The molecule has 1 rings (SSSR count). The molecule has 1 saturated heterocycles. The molecule has 1 unspecified atom stereocenters. The molecule has 0 amide bonds. The summed E-state index contributed by atoms with van der Waals surface area (Å²) in [6.07, 6.45) is 9.62. The Morgan fingerprint density at radius 1 is 1.07 bits per heavy atom. The van der Waals surface area contributed by atoms with Crippen molar-refractivity contribution in [1.29, 1.82) is 0 Å². The highest BCUT2D eigenvalue weighted by Crippen LogP contribution is 2.25. The van der Waals surface area contributed by atoms with Gasteiger partial charge in [0.25, 0.3) is 0 Å². The van der Waals surface area contributed by atoms with Gasteiger partial charge in [0.05, 0.1) is 12.7 Å². The molecule has 0 bridgehead atoms. The number of unbranched alkanes of at least 4 members (excludes halogenated alkanes) is 5. The molecule has 0 aromatic heterocycles. The summed E-state index contributed by atoms with van der Waals surface area (Å²) in [6, 6.07) is 0. The first-order valence-corrected chi connectivity index (χ1v) is 6.46. The number of hydrogen-bond donors (Lipinski definition) is 0. The molecule has 1 aliphatic rings. The first-order valence-electron chi connectivity index (χ1n) is 6.46. The van der Waals surface area contributed by atoms with Crippen LogP contribution in [0.25, 0.3) is 0 Å². The van der Waals surface area contributed by atoms with Crippen LogP contribution in [0.2, 0.25) is 0 Å². The third kappa shape index (κ3) is 5.53. The first-order chi connectivity index (χ1) is 7.14. The van der Waals surface area contributed by atoms with Gasteiger partial charge in [-0.2, -0.15) is 0 Å². The molecule has 0 aromatic carbocycles. The number of rotatable bonds is 7. The Morgan fingerprint density at radius 2 is 1.73 bits per heavy atom. The molecule has 15 heavy (non-hydrogen) atoms. The molecular formula is C13H26O2. The SMILES string of the molecule is CCCCCCCCC1COC(C)(C)O1. The van der Waals surface area contributed by atoms with E-state index in [1.165, 1.54) is 38.5 Å². The third-order valence-corrected chi connectivity index (χ3v) is 2.95. The second kappa shape index (κ2) is 6.49. The molecule has 0 aliphatic carbocycles. The van der Waals surface area contributed by atoms with E-state index in [1.807, 2.05) is 13.8 Å². The second-order valence-corrected chi connectivity index (χ2v) is 5.01. The monoisotopic (exact) mass is 214 g/mol. The van der Waals surface area contributed by atoms with Gasteiger partial charge >= 0.3 is 0 Å². The molecule has 0 radical (unpaired) electrons. The van der Waals surface area contributed by atoms with Gasteiger partial charge < -0.3 is 9.47 Å². The van der Waals surface area contributed by atoms with Crippen LogP contribution >= 0.6 is 0 Å². The topological polar surface area (TPSA) is 18.5 Å². The minimum Gasteiger partial charge on any atom is -0.348 e. The molecular weight excluding hydrogens is 188 g/mol. The highest BCUT2D eigenvalue weighted by atomic mass is 16.7. The maximum absolute atomic E-state index is 5.75. The quantitative estimate of drug-likeness (QED) is 0.599. The van der Waals surface area contributed by atoms with Crippen molar-refractivity contribution >= 4 is 0 Å². The van der Waals surface area contributed by atoms with Crippen LogP contribution in [0.1, 0.15) is 65.7 Å². The van der Waals surface area contributed by atoms with Crippen molar-refractivity contribution in [2.24, 2.45) is 0 Å². The summed E-state index contributed by atoms with van der Waals surface area (Å²) in [5.41, 5.74) is 0. The number of ether oxygens (including phenoxy) is 2. The Kier molecular flexibility index (Phi) is 5.62. The van der Waals surface area contributed by atoms with E-state index < -0.39 is 0 Å². The van der Waals surface area contributed by atoms with E-state index in [2.05, 4.69) is 6.92 Å². The summed E-state index contributed by atoms with van der Waals surface area (Å²) in [5.74, 6) is -0.340. The molecule has 0 N–H and O–H groups in total.